The van der Waals surface area contributed by atoms with Gasteiger partial charge in [0.05, 0.1) is 12.5 Å². The zero-order valence-corrected chi connectivity index (χ0v) is 13.2. The number of ether oxygens (including phenoxy) is 1. The van der Waals surface area contributed by atoms with Crippen LogP contribution in [-0.4, -0.2) is 30.6 Å². The van der Waals surface area contributed by atoms with Gasteiger partial charge in [-0.3, -0.25) is 4.79 Å². The van der Waals surface area contributed by atoms with Gasteiger partial charge in [0.1, 0.15) is 0 Å². The first-order valence-electron chi connectivity index (χ1n) is 7.03. The van der Waals surface area contributed by atoms with E-state index < -0.39 is 5.41 Å². The molecular weight excluding hydrogens is 270 g/mol. The maximum Gasteiger partial charge on any atom is 0.313 e. The Morgan fingerprint density at radius 3 is 2.65 bits per heavy atom. The molecule has 0 saturated carbocycles. The fraction of sp³-hybridized carbons (Fsp3) is 0.562. The molecule has 1 saturated heterocycles. The second kappa shape index (κ2) is 6.64. The second-order valence-electron chi connectivity index (χ2n) is 5.78. The van der Waals surface area contributed by atoms with Crippen LogP contribution in [0.2, 0.25) is 0 Å². The van der Waals surface area contributed by atoms with E-state index in [1.807, 2.05) is 43.8 Å². The topological polar surface area (TPSA) is 38.3 Å². The fourth-order valence-electron chi connectivity index (χ4n) is 2.65. The fourth-order valence-corrected chi connectivity index (χ4v) is 3.81. The molecule has 4 heteroatoms. The lowest BCUT2D eigenvalue weighted by atomic mass is 9.80. The van der Waals surface area contributed by atoms with Crippen LogP contribution in [0.5, 0.6) is 0 Å². The van der Waals surface area contributed by atoms with E-state index in [-0.39, 0.29) is 12.0 Å². The average molecular weight is 293 g/mol. The van der Waals surface area contributed by atoms with Crippen LogP contribution in [0.15, 0.2) is 30.3 Å². The normalized spacial score (nSPS) is 20.6. The summed E-state index contributed by atoms with van der Waals surface area (Å²) in [6.45, 7) is 3.90. The number of carbonyl (C=O) groups is 1. The van der Waals surface area contributed by atoms with E-state index in [2.05, 4.69) is 17.4 Å². The van der Waals surface area contributed by atoms with E-state index in [0.29, 0.717) is 6.04 Å². The number of benzene rings is 1. The van der Waals surface area contributed by atoms with Gasteiger partial charge in [-0.25, -0.2) is 0 Å². The highest BCUT2D eigenvalue weighted by Gasteiger charge is 2.40. The van der Waals surface area contributed by atoms with Gasteiger partial charge in [0.2, 0.25) is 0 Å². The molecule has 1 N–H and O–H groups in total. The number of carbonyl (C=O) groups excluding carboxylic acids is 1. The zero-order valence-electron chi connectivity index (χ0n) is 12.4. The number of hydrogen-bond acceptors (Lipinski definition) is 4. The molecule has 1 aliphatic rings. The molecular formula is C16H23NO2S. The molecule has 0 amide bonds. The van der Waals surface area contributed by atoms with Gasteiger partial charge in [-0.1, -0.05) is 30.3 Å². The van der Waals surface area contributed by atoms with Crippen molar-refractivity contribution >= 4 is 17.7 Å². The SMILES string of the molecule is COC(=O)C(C)(C)C(NC1CCSC1)c1ccccc1. The molecule has 1 aliphatic heterocycles. The Bertz CT molecular complexity index is 441. The highest BCUT2D eigenvalue weighted by molar-refractivity contribution is 7.99. The van der Waals surface area contributed by atoms with Crippen LogP contribution in [0.4, 0.5) is 0 Å². The van der Waals surface area contributed by atoms with E-state index in [9.17, 15) is 4.79 Å². The van der Waals surface area contributed by atoms with Gasteiger partial charge >= 0.3 is 5.97 Å². The molecule has 0 aliphatic carbocycles. The molecule has 0 aromatic heterocycles. The molecule has 1 heterocycles. The predicted octanol–water partition coefficient (Wildman–Crippen LogP) is 3.02. The van der Waals surface area contributed by atoms with Gasteiger partial charge < -0.3 is 10.1 Å². The van der Waals surface area contributed by atoms with Crippen LogP contribution in [-0.2, 0) is 9.53 Å². The maximum absolute atomic E-state index is 12.2. The third-order valence-electron chi connectivity index (χ3n) is 3.90. The lowest BCUT2D eigenvalue weighted by Gasteiger charge is -2.35. The molecule has 110 valence electrons. The summed E-state index contributed by atoms with van der Waals surface area (Å²) in [7, 11) is 1.46. The number of hydrogen-bond donors (Lipinski definition) is 1. The Hall–Kier alpha value is -1.00. The van der Waals surface area contributed by atoms with Crippen LogP contribution < -0.4 is 5.32 Å². The second-order valence-corrected chi connectivity index (χ2v) is 6.93. The molecule has 20 heavy (non-hydrogen) atoms. The smallest absolute Gasteiger partial charge is 0.313 e. The molecule has 1 aromatic rings. The molecule has 2 unspecified atom stereocenters. The van der Waals surface area contributed by atoms with E-state index in [1.165, 1.54) is 12.9 Å². The van der Waals surface area contributed by atoms with Crippen LogP contribution in [0.3, 0.4) is 0 Å². The van der Waals surface area contributed by atoms with Gasteiger partial charge in [-0.15, -0.1) is 0 Å². The molecule has 2 rings (SSSR count). The number of thioether (sulfide) groups is 1. The molecule has 1 fully saturated rings. The van der Waals surface area contributed by atoms with Crippen molar-refractivity contribution in [1.29, 1.82) is 0 Å². The van der Waals surface area contributed by atoms with Crippen molar-refractivity contribution in [2.45, 2.75) is 32.4 Å². The molecule has 0 bridgehead atoms. The van der Waals surface area contributed by atoms with Gasteiger partial charge in [0, 0.05) is 17.8 Å². The van der Waals surface area contributed by atoms with E-state index in [0.717, 1.165) is 17.7 Å². The summed E-state index contributed by atoms with van der Waals surface area (Å²) < 4.78 is 5.00. The minimum atomic E-state index is -0.594. The summed E-state index contributed by atoms with van der Waals surface area (Å²) >= 11 is 1.97. The summed E-state index contributed by atoms with van der Waals surface area (Å²) in [5.74, 6) is 2.13. The average Bonchev–Trinajstić information content (AvgIpc) is 2.97. The highest BCUT2D eigenvalue weighted by atomic mass is 32.2. The first kappa shape index (κ1) is 15.4. The van der Waals surface area contributed by atoms with Crippen molar-refractivity contribution in [3.63, 3.8) is 0 Å². The molecule has 0 spiro atoms. The third-order valence-corrected chi connectivity index (χ3v) is 5.06. The van der Waals surface area contributed by atoms with Crippen molar-refractivity contribution in [3.8, 4) is 0 Å². The molecule has 2 atom stereocenters. The highest BCUT2D eigenvalue weighted by Crippen LogP contribution is 2.36. The van der Waals surface area contributed by atoms with E-state index in [1.54, 1.807) is 0 Å². The van der Waals surface area contributed by atoms with Gasteiger partial charge in [0.25, 0.3) is 0 Å². The van der Waals surface area contributed by atoms with Crippen LogP contribution in [0, 0.1) is 5.41 Å². The number of methoxy groups -OCH3 is 1. The monoisotopic (exact) mass is 293 g/mol. The van der Waals surface area contributed by atoms with Crippen molar-refractivity contribution in [2.24, 2.45) is 5.41 Å². The third kappa shape index (κ3) is 3.36. The first-order chi connectivity index (χ1) is 9.55. The lowest BCUT2D eigenvalue weighted by Crippen LogP contribution is -2.44. The van der Waals surface area contributed by atoms with Gasteiger partial charge in [0.15, 0.2) is 0 Å². The summed E-state index contributed by atoms with van der Waals surface area (Å²) in [6, 6.07) is 10.6. The van der Waals surface area contributed by atoms with Crippen LogP contribution in [0.25, 0.3) is 0 Å². The van der Waals surface area contributed by atoms with Gasteiger partial charge in [-0.05, 0) is 31.6 Å². The Kier molecular flexibility index (Phi) is 5.11. The minimum Gasteiger partial charge on any atom is -0.469 e. The molecule has 1 aromatic carbocycles. The lowest BCUT2D eigenvalue weighted by molar-refractivity contribution is -0.152. The van der Waals surface area contributed by atoms with Gasteiger partial charge in [-0.2, -0.15) is 11.8 Å². The first-order valence-corrected chi connectivity index (χ1v) is 8.18. The largest absolute Gasteiger partial charge is 0.469 e. The van der Waals surface area contributed by atoms with Crippen molar-refractivity contribution < 1.29 is 9.53 Å². The Morgan fingerprint density at radius 2 is 2.10 bits per heavy atom. The summed E-state index contributed by atoms with van der Waals surface area (Å²) in [4.78, 5) is 12.2. The Labute approximate surface area is 125 Å². The van der Waals surface area contributed by atoms with Crippen molar-refractivity contribution in [3.05, 3.63) is 35.9 Å². The van der Waals surface area contributed by atoms with E-state index >= 15 is 0 Å². The predicted molar refractivity (Wildman–Crippen MR) is 83.8 cm³/mol. The summed E-state index contributed by atoms with van der Waals surface area (Å²) in [5.41, 5.74) is 0.545. The van der Waals surface area contributed by atoms with Crippen LogP contribution in [0.1, 0.15) is 31.9 Å². The number of rotatable bonds is 5. The van der Waals surface area contributed by atoms with Crippen molar-refractivity contribution in [1.82, 2.24) is 5.32 Å². The number of esters is 1. The Morgan fingerprint density at radius 1 is 1.40 bits per heavy atom. The number of nitrogens with one attached hydrogen (secondary N) is 1. The Balaban J connectivity index is 2.25. The molecule has 3 nitrogen and oxygen atoms in total. The zero-order chi connectivity index (χ0) is 14.6. The standard InChI is InChI=1S/C16H23NO2S/c1-16(2,15(18)19-3)14(12-7-5-4-6-8-12)17-13-9-10-20-11-13/h4-8,13-14,17H,9-11H2,1-3H3. The van der Waals surface area contributed by atoms with Crippen molar-refractivity contribution in [2.75, 3.05) is 18.6 Å². The maximum atomic E-state index is 12.2. The summed E-state index contributed by atoms with van der Waals surface area (Å²) in [6.07, 6.45) is 1.16. The van der Waals surface area contributed by atoms with Crippen LogP contribution >= 0.6 is 11.8 Å². The molecule has 0 radical (unpaired) electrons. The minimum absolute atomic E-state index is 0.0279. The summed E-state index contributed by atoms with van der Waals surface area (Å²) in [5, 5.41) is 3.67. The van der Waals surface area contributed by atoms with E-state index in [4.69, 9.17) is 4.74 Å². The quantitative estimate of drug-likeness (QED) is 0.847.